The highest BCUT2D eigenvalue weighted by Gasteiger charge is 2.20. The Morgan fingerprint density at radius 2 is 2.20 bits per heavy atom. The SMILES string of the molecule is Cc1cccc(F)c1N1CCCC(=O)C1. The third-order valence-electron chi connectivity index (χ3n) is 2.76. The predicted octanol–water partition coefficient (Wildman–Crippen LogP) is 2.30. The Bertz CT molecular complexity index is 369. The number of ketones is 1. The third kappa shape index (κ3) is 2.01. The van der Waals surface area contributed by atoms with Gasteiger partial charge in [0, 0.05) is 13.0 Å². The number of hydrogen-bond donors (Lipinski definition) is 0. The fourth-order valence-electron chi connectivity index (χ4n) is 2.05. The molecule has 1 aliphatic heterocycles. The predicted molar refractivity (Wildman–Crippen MR) is 57.6 cm³/mol. The van der Waals surface area contributed by atoms with Crippen LogP contribution in [0.15, 0.2) is 18.2 Å². The minimum Gasteiger partial charge on any atom is -0.362 e. The monoisotopic (exact) mass is 207 g/mol. The summed E-state index contributed by atoms with van der Waals surface area (Å²) in [5.74, 6) is -0.0337. The molecule has 2 nitrogen and oxygen atoms in total. The summed E-state index contributed by atoms with van der Waals surface area (Å²) in [5.41, 5.74) is 1.48. The number of aryl methyl sites for hydroxylation is 1. The number of carbonyl (C=O) groups excluding carboxylic acids is 1. The van der Waals surface area contributed by atoms with E-state index in [2.05, 4.69) is 0 Å². The number of hydrogen-bond acceptors (Lipinski definition) is 2. The first-order valence-corrected chi connectivity index (χ1v) is 5.20. The first kappa shape index (κ1) is 10.1. The second kappa shape index (κ2) is 4.01. The van der Waals surface area contributed by atoms with Crippen LogP contribution in [0.25, 0.3) is 0 Å². The van der Waals surface area contributed by atoms with Gasteiger partial charge in [0.05, 0.1) is 12.2 Å². The minimum atomic E-state index is -0.232. The van der Waals surface area contributed by atoms with Gasteiger partial charge in [0.25, 0.3) is 0 Å². The van der Waals surface area contributed by atoms with Crippen LogP contribution < -0.4 is 4.90 Å². The first-order valence-electron chi connectivity index (χ1n) is 5.20. The Kier molecular flexibility index (Phi) is 2.71. The number of anilines is 1. The molecule has 15 heavy (non-hydrogen) atoms. The van der Waals surface area contributed by atoms with Crippen molar-refractivity contribution in [1.29, 1.82) is 0 Å². The van der Waals surface area contributed by atoms with E-state index in [4.69, 9.17) is 0 Å². The molecule has 0 radical (unpaired) electrons. The first-order chi connectivity index (χ1) is 7.18. The Labute approximate surface area is 88.7 Å². The lowest BCUT2D eigenvalue weighted by atomic mass is 10.1. The molecule has 80 valence electrons. The van der Waals surface area contributed by atoms with Crippen molar-refractivity contribution in [2.45, 2.75) is 19.8 Å². The Hall–Kier alpha value is -1.38. The molecule has 0 spiro atoms. The minimum absolute atomic E-state index is 0.198. The van der Waals surface area contributed by atoms with E-state index in [9.17, 15) is 9.18 Å². The molecule has 1 fully saturated rings. The molecule has 0 aromatic heterocycles. The van der Waals surface area contributed by atoms with Gasteiger partial charge >= 0.3 is 0 Å². The van der Waals surface area contributed by atoms with E-state index in [1.165, 1.54) is 6.07 Å². The molecule has 1 aromatic carbocycles. The van der Waals surface area contributed by atoms with Crippen LogP contribution in [-0.2, 0) is 4.79 Å². The van der Waals surface area contributed by atoms with Crippen molar-refractivity contribution in [3.8, 4) is 0 Å². The average Bonchev–Trinajstić information content (AvgIpc) is 2.17. The van der Waals surface area contributed by atoms with Crippen molar-refractivity contribution in [3.05, 3.63) is 29.6 Å². The van der Waals surface area contributed by atoms with E-state index >= 15 is 0 Å². The third-order valence-corrected chi connectivity index (χ3v) is 2.76. The lowest BCUT2D eigenvalue weighted by Crippen LogP contribution is -2.36. The zero-order chi connectivity index (χ0) is 10.8. The maximum Gasteiger partial charge on any atom is 0.152 e. The van der Waals surface area contributed by atoms with Crippen LogP contribution in [-0.4, -0.2) is 18.9 Å². The summed E-state index contributed by atoms with van der Waals surface area (Å²) in [5, 5.41) is 0. The molecule has 1 aromatic rings. The van der Waals surface area contributed by atoms with Gasteiger partial charge in [-0.1, -0.05) is 12.1 Å². The van der Waals surface area contributed by atoms with Crippen LogP contribution in [0.2, 0.25) is 0 Å². The maximum absolute atomic E-state index is 13.6. The summed E-state index contributed by atoms with van der Waals surface area (Å²) in [6.07, 6.45) is 1.45. The number of benzene rings is 1. The highest BCUT2D eigenvalue weighted by atomic mass is 19.1. The summed E-state index contributed by atoms with van der Waals surface area (Å²) in [4.78, 5) is 13.1. The van der Waals surface area contributed by atoms with Gasteiger partial charge in [-0.2, -0.15) is 0 Å². The number of piperidine rings is 1. The average molecular weight is 207 g/mol. The van der Waals surface area contributed by atoms with Gasteiger partial charge in [-0.3, -0.25) is 4.79 Å². The topological polar surface area (TPSA) is 20.3 Å². The van der Waals surface area contributed by atoms with E-state index in [-0.39, 0.29) is 11.6 Å². The molecule has 0 amide bonds. The van der Waals surface area contributed by atoms with E-state index < -0.39 is 0 Å². The number of rotatable bonds is 1. The summed E-state index contributed by atoms with van der Waals surface area (Å²) in [7, 11) is 0. The van der Waals surface area contributed by atoms with Crippen LogP contribution in [0.1, 0.15) is 18.4 Å². The smallest absolute Gasteiger partial charge is 0.152 e. The summed E-state index contributed by atoms with van der Waals surface area (Å²) < 4.78 is 13.6. The molecule has 0 unspecified atom stereocenters. The number of halogens is 1. The quantitative estimate of drug-likeness (QED) is 0.704. The molecular weight excluding hydrogens is 193 g/mol. The van der Waals surface area contributed by atoms with Gasteiger partial charge in [0.2, 0.25) is 0 Å². The number of para-hydroxylation sites is 1. The van der Waals surface area contributed by atoms with Gasteiger partial charge in [-0.05, 0) is 25.0 Å². The van der Waals surface area contributed by atoms with E-state index in [1.807, 2.05) is 17.9 Å². The molecule has 1 aliphatic rings. The molecule has 2 rings (SSSR count). The largest absolute Gasteiger partial charge is 0.362 e. The molecule has 0 aliphatic carbocycles. The van der Waals surface area contributed by atoms with Gasteiger partial charge in [0.15, 0.2) is 5.78 Å². The second-order valence-corrected chi connectivity index (χ2v) is 3.97. The lowest BCUT2D eigenvalue weighted by molar-refractivity contribution is -0.118. The highest BCUT2D eigenvalue weighted by molar-refractivity contribution is 5.85. The fraction of sp³-hybridized carbons (Fsp3) is 0.417. The molecule has 3 heteroatoms. The van der Waals surface area contributed by atoms with Crippen molar-refractivity contribution >= 4 is 11.5 Å². The van der Waals surface area contributed by atoms with Gasteiger partial charge in [0.1, 0.15) is 5.82 Å². The van der Waals surface area contributed by atoms with Crippen molar-refractivity contribution in [2.24, 2.45) is 0 Å². The van der Waals surface area contributed by atoms with Crippen LogP contribution in [0, 0.1) is 12.7 Å². The fourth-order valence-corrected chi connectivity index (χ4v) is 2.05. The molecule has 0 bridgehead atoms. The molecule has 0 N–H and O–H groups in total. The normalized spacial score (nSPS) is 16.9. The van der Waals surface area contributed by atoms with E-state index in [0.717, 1.165) is 18.5 Å². The highest BCUT2D eigenvalue weighted by Crippen LogP contribution is 2.25. The van der Waals surface area contributed by atoms with Crippen LogP contribution in [0.4, 0.5) is 10.1 Å². The van der Waals surface area contributed by atoms with Crippen LogP contribution >= 0.6 is 0 Å². The second-order valence-electron chi connectivity index (χ2n) is 3.97. The van der Waals surface area contributed by atoms with Gasteiger partial charge < -0.3 is 4.90 Å². The van der Waals surface area contributed by atoms with Crippen molar-refractivity contribution in [1.82, 2.24) is 0 Å². The molecule has 1 heterocycles. The summed E-state index contributed by atoms with van der Waals surface area (Å²) in [6.45, 7) is 2.99. The summed E-state index contributed by atoms with van der Waals surface area (Å²) in [6, 6.07) is 5.01. The summed E-state index contributed by atoms with van der Waals surface area (Å²) >= 11 is 0. The maximum atomic E-state index is 13.6. The Balaban J connectivity index is 2.32. The van der Waals surface area contributed by atoms with Gasteiger partial charge in [-0.25, -0.2) is 4.39 Å². The van der Waals surface area contributed by atoms with Crippen molar-refractivity contribution in [2.75, 3.05) is 18.0 Å². The zero-order valence-corrected chi connectivity index (χ0v) is 8.79. The molecular formula is C12H14FNO. The zero-order valence-electron chi connectivity index (χ0n) is 8.79. The van der Waals surface area contributed by atoms with Crippen molar-refractivity contribution < 1.29 is 9.18 Å². The standard InChI is InChI=1S/C12H14FNO/c1-9-4-2-6-11(13)12(9)14-7-3-5-10(15)8-14/h2,4,6H,3,5,7-8H2,1H3. The number of Topliss-reactive ketones (excluding diaryl/α,β-unsaturated/α-hetero) is 1. The molecule has 0 saturated carbocycles. The number of carbonyl (C=O) groups is 1. The van der Waals surface area contributed by atoms with Crippen molar-refractivity contribution in [3.63, 3.8) is 0 Å². The Morgan fingerprint density at radius 3 is 2.87 bits per heavy atom. The van der Waals surface area contributed by atoms with Crippen LogP contribution in [0.5, 0.6) is 0 Å². The molecule has 0 atom stereocenters. The van der Waals surface area contributed by atoms with E-state index in [0.29, 0.717) is 18.7 Å². The Morgan fingerprint density at radius 1 is 1.40 bits per heavy atom. The van der Waals surface area contributed by atoms with Gasteiger partial charge in [-0.15, -0.1) is 0 Å². The van der Waals surface area contributed by atoms with Crippen LogP contribution in [0.3, 0.4) is 0 Å². The number of nitrogens with zero attached hydrogens (tertiary/aromatic N) is 1. The van der Waals surface area contributed by atoms with E-state index in [1.54, 1.807) is 6.07 Å². The lowest BCUT2D eigenvalue weighted by Gasteiger charge is -2.29. The molecule has 1 saturated heterocycles.